The lowest BCUT2D eigenvalue weighted by molar-refractivity contribution is -0.116. The molecular weight excluding hydrogens is 424 g/mol. The van der Waals surface area contributed by atoms with E-state index < -0.39 is 0 Å². The Morgan fingerprint density at radius 1 is 1.28 bits per heavy atom. The van der Waals surface area contributed by atoms with Gasteiger partial charge in [-0.3, -0.25) is 4.79 Å². The summed E-state index contributed by atoms with van der Waals surface area (Å²) in [6.07, 6.45) is 5.61. The molecule has 1 amide bonds. The Labute approximate surface area is 189 Å². The highest BCUT2D eigenvalue weighted by molar-refractivity contribution is 7.20. The Morgan fingerprint density at radius 3 is 2.91 bits per heavy atom. The Kier molecular flexibility index (Phi) is 5.04. The van der Waals surface area contributed by atoms with Crippen LogP contribution in [0, 0.1) is 19.3 Å². The summed E-state index contributed by atoms with van der Waals surface area (Å²) >= 11 is 1.54. The number of anilines is 1. The lowest BCUT2D eigenvalue weighted by atomic mass is 9.85. The molecule has 1 N–H and O–H groups in total. The lowest BCUT2D eigenvalue weighted by Crippen LogP contribution is -2.25. The Hall–Kier alpha value is -3.83. The number of carbonyl (C=O) groups excluding carboxylic acids is 1. The van der Waals surface area contributed by atoms with Crippen molar-refractivity contribution in [2.75, 3.05) is 19.0 Å². The van der Waals surface area contributed by atoms with Crippen molar-refractivity contribution in [3.05, 3.63) is 59.3 Å². The van der Waals surface area contributed by atoms with Crippen LogP contribution in [0.15, 0.2) is 42.5 Å². The van der Waals surface area contributed by atoms with E-state index in [9.17, 15) is 4.79 Å². The van der Waals surface area contributed by atoms with Gasteiger partial charge in [-0.25, -0.2) is 4.98 Å². The van der Waals surface area contributed by atoms with Gasteiger partial charge in [0.05, 0.1) is 23.0 Å². The summed E-state index contributed by atoms with van der Waals surface area (Å²) in [5.41, 5.74) is 3.66. The maximum absolute atomic E-state index is 12.7. The highest BCUT2D eigenvalue weighted by atomic mass is 32.1. The van der Waals surface area contributed by atoms with Crippen LogP contribution in [0.4, 0.5) is 5.82 Å². The van der Waals surface area contributed by atoms with Gasteiger partial charge in [-0.2, -0.15) is 9.78 Å². The topological polar surface area (TPSA) is 78.3 Å². The molecule has 8 heteroatoms. The van der Waals surface area contributed by atoms with Crippen LogP contribution in [0.5, 0.6) is 11.5 Å². The van der Waals surface area contributed by atoms with Crippen molar-refractivity contribution in [2.45, 2.75) is 19.3 Å². The second kappa shape index (κ2) is 8.02. The van der Waals surface area contributed by atoms with E-state index in [0.717, 1.165) is 27.0 Å². The second-order valence-corrected chi connectivity index (χ2v) is 8.44. The predicted molar refractivity (Wildman–Crippen MR) is 124 cm³/mol. The number of methoxy groups -OCH3 is 1. The van der Waals surface area contributed by atoms with Gasteiger partial charge in [0, 0.05) is 17.9 Å². The van der Waals surface area contributed by atoms with Gasteiger partial charge in [0.1, 0.15) is 12.4 Å². The van der Waals surface area contributed by atoms with Crippen LogP contribution in [0.25, 0.3) is 15.3 Å². The van der Waals surface area contributed by atoms with Crippen LogP contribution in [-0.4, -0.2) is 34.4 Å². The van der Waals surface area contributed by atoms with Crippen molar-refractivity contribution in [3.8, 4) is 29.0 Å². The monoisotopic (exact) mass is 444 g/mol. The van der Waals surface area contributed by atoms with Crippen LogP contribution < -0.4 is 14.8 Å². The number of terminal acetylenes is 1. The molecule has 0 aliphatic carbocycles. The predicted octanol–water partition coefficient (Wildman–Crippen LogP) is 4.29. The van der Waals surface area contributed by atoms with E-state index in [-0.39, 0.29) is 18.4 Å². The lowest BCUT2D eigenvalue weighted by Gasteiger charge is -2.24. The number of nitrogens with zero attached hydrogens (tertiary/aromatic N) is 3. The summed E-state index contributed by atoms with van der Waals surface area (Å²) in [4.78, 5) is 17.4. The molecule has 3 heterocycles. The van der Waals surface area contributed by atoms with E-state index in [1.165, 1.54) is 11.3 Å². The smallest absolute Gasteiger partial charge is 0.226 e. The van der Waals surface area contributed by atoms with Crippen LogP contribution >= 0.6 is 11.3 Å². The summed E-state index contributed by atoms with van der Waals surface area (Å²) in [7, 11) is 1.58. The molecule has 1 aliphatic rings. The highest BCUT2D eigenvalue weighted by Gasteiger charge is 2.33. The van der Waals surface area contributed by atoms with Gasteiger partial charge in [0.2, 0.25) is 11.0 Å². The quantitative estimate of drug-likeness (QED) is 0.465. The zero-order valence-corrected chi connectivity index (χ0v) is 18.4. The minimum atomic E-state index is -0.169. The van der Waals surface area contributed by atoms with Crippen molar-refractivity contribution in [1.29, 1.82) is 0 Å². The Balaban J connectivity index is 1.60. The van der Waals surface area contributed by atoms with E-state index in [1.54, 1.807) is 11.8 Å². The molecule has 0 bridgehead atoms. The molecule has 5 rings (SSSR count). The SMILES string of the molecule is C#CCOc1ccc(C2CC(=O)Nc3c2c(C)nn3-c2nc3ccccc3s2)cc1OC. The first-order chi connectivity index (χ1) is 15.6. The van der Waals surface area contributed by atoms with Crippen molar-refractivity contribution < 1.29 is 14.3 Å². The van der Waals surface area contributed by atoms with Crippen molar-refractivity contribution in [1.82, 2.24) is 14.8 Å². The molecule has 1 unspecified atom stereocenters. The number of hydrogen-bond donors (Lipinski definition) is 1. The fourth-order valence-electron chi connectivity index (χ4n) is 4.06. The number of aryl methyl sites for hydroxylation is 1. The van der Waals surface area contributed by atoms with Crippen molar-refractivity contribution >= 4 is 33.3 Å². The molecule has 1 atom stereocenters. The number of ether oxygens (including phenoxy) is 2. The fraction of sp³-hybridized carbons (Fsp3) is 0.208. The number of hydrogen-bond acceptors (Lipinski definition) is 6. The number of nitrogens with one attached hydrogen (secondary N) is 1. The summed E-state index contributed by atoms with van der Waals surface area (Å²) in [6, 6.07) is 13.6. The largest absolute Gasteiger partial charge is 0.493 e. The van der Waals surface area contributed by atoms with Gasteiger partial charge in [0.25, 0.3) is 0 Å². The maximum atomic E-state index is 12.7. The van der Waals surface area contributed by atoms with Crippen LogP contribution in [0.2, 0.25) is 0 Å². The first kappa shape index (κ1) is 20.1. The average Bonchev–Trinajstić information content (AvgIpc) is 3.38. The van der Waals surface area contributed by atoms with E-state index in [2.05, 4.69) is 11.2 Å². The number of para-hydroxylation sites is 1. The van der Waals surface area contributed by atoms with E-state index in [1.807, 2.05) is 49.4 Å². The number of carbonyl (C=O) groups is 1. The summed E-state index contributed by atoms with van der Waals surface area (Å²) in [5, 5.41) is 8.47. The first-order valence-corrected chi connectivity index (χ1v) is 10.9. The molecule has 1 aliphatic heterocycles. The molecule has 0 spiro atoms. The molecule has 0 saturated heterocycles. The minimum Gasteiger partial charge on any atom is -0.493 e. The third-order valence-electron chi connectivity index (χ3n) is 5.47. The Morgan fingerprint density at radius 2 is 2.12 bits per heavy atom. The number of amides is 1. The fourth-order valence-corrected chi connectivity index (χ4v) is 4.98. The van der Waals surface area contributed by atoms with E-state index in [0.29, 0.717) is 28.9 Å². The van der Waals surface area contributed by atoms with Crippen molar-refractivity contribution in [2.24, 2.45) is 0 Å². The minimum absolute atomic E-state index is 0.0728. The summed E-state index contributed by atoms with van der Waals surface area (Å²) < 4.78 is 13.9. The standard InChI is InChI=1S/C24H20N4O3S/c1-4-11-31-18-10-9-15(12-19(18)30-3)16-13-21(29)26-23-22(16)14(2)27-28(23)24-25-17-7-5-6-8-20(17)32-24/h1,5-10,12,16H,11,13H2,2-3H3,(H,26,29). The van der Waals surface area contributed by atoms with Crippen LogP contribution in [0.3, 0.4) is 0 Å². The van der Waals surface area contributed by atoms with Crippen LogP contribution in [-0.2, 0) is 4.79 Å². The Bertz CT molecular complexity index is 1350. The molecule has 0 radical (unpaired) electrons. The van der Waals surface area contributed by atoms with Crippen LogP contribution in [0.1, 0.15) is 29.2 Å². The summed E-state index contributed by atoms with van der Waals surface area (Å²) in [5.74, 6) is 4.01. The number of benzene rings is 2. The second-order valence-electron chi connectivity index (χ2n) is 7.43. The zero-order valence-electron chi connectivity index (χ0n) is 17.6. The molecular formula is C24H20N4O3S. The molecule has 2 aromatic heterocycles. The average molecular weight is 445 g/mol. The number of fused-ring (bicyclic) bond motifs is 2. The first-order valence-electron chi connectivity index (χ1n) is 10.1. The van der Waals surface area contributed by atoms with Gasteiger partial charge in [-0.05, 0) is 36.8 Å². The molecule has 160 valence electrons. The molecule has 32 heavy (non-hydrogen) atoms. The number of rotatable bonds is 5. The molecule has 4 aromatic rings. The van der Waals surface area contributed by atoms with Gasteiger partial charge >= 0.3 is 0 Å². The maximum Gasteiger partial charge on any atom is 0.226 e. The zero-order chi connectivity index (χ0) is 22.2. The van der Waals surface area contributed by atoms with Gasteiger partial charge < -0.3 is 14.8 Å². The third-order valence-corrected chi connectivity index (χ3v) is 6.48. The number of thiazole rings is 1. The third kappa shape index (κ3) is 3.37. The summed E-state index contributed by atoms with van der Waals surface area (Å²) in [6.45, 7) is 2.11. The van der Waals surface area contributed by atoms with Gasteiger partial charge in [0.15, 0.2) is 11.5 Å². The molecule has 0 fully saturated rings. The highest BCUT2D eigenvalue weighted by Crippen LogP contribution is 2.43. The normalized spacial score (nSPS) is 15.2. The number of aromatic nitrogens is 3. The molecule has 7 nitrogen and oxygen atoms in total. The van der Waals surface area contributed by atoms with Gasteiger partial charge in [-0.15, -0.1) is 6.42 Å². The van der Waals surface area contributed by atoms with Crippen molar-refractivity contribution in [3.63, 3.8) is 0 Å². The molecule has 0 saturated carbocycles. The van der Waals surface area contributed by atoms with E-state index >= 15 is 0 Å². The van der Waals surface area contributed by atoms with Gasteiger partial charge in [-0.1, -0.05) is 35.5 Å². The van der Waals surface area contributed by atoms with E-state index in [4.69, 9.17) is 26.0 Å². The molecule has 2 aromatic carbocycles.